The highest BCUT2D eigenvalue weighted by molar-refractivity contribution is 7.09. The molecule has 22 heavy (non-hydrogen) atoms. The second-order valence-electron chi connectivity index (χ2n) is 5.65. The molecule has 1 fully saturated rings. The largest absolute Gasteiger partial charge is 0.497 e. The number of hydrogen-bond donors (Lipinski definition) is 0. The van der Waals surface area contributed by atoms with Gasteiger partial charge in [-0.1, -0.05) is 0 Å². The van der Waals surface area contributed by atoms with Crippen molar-refractivity contribution < 1.29 is 9.53 Å². The summed E-state index contributed by atoms with van der Waals surface area (Å²) in [4.78, 5) is 19.2. The first-order valence-corrected chi connectivity index (χ1v) is 8.40. The maximum Gasteiger partial charge on any atom is 0.253 e. The Labute approximate surface area is 134 Å². The Balaban J connectivity index is 1.71. The van der Waals surface area contributed by atoms with Crippen molar-refractivity contribution in [1.29, 1.82) is 0 Å². The van der Waals surface area contributed by atoms with E-state index in [0.29, 0.717) is 5.92 Å². The van der Waals surface area contributed by atoms with Gasteiger partial charge in [-0.3, -0.25) is 4.79 Å². The SMILES string of the molecule is COc1ccc(C(=O)N2CCCC(c3nc(C)cs3)C2)cc1. The molecule has 5 heteroatoms. The second-order valence-corrected chi connectivity index (χ2v) is 6.54. The fraction of sp³-hybridized carbons (Fsp3) is 0.412. The van der Waals surface area contributed by atoms with E-state index < -0.39 is 0 Å². The van der Waals surface area contributed by atoms with E-state index in [1.807, 2.05) is 36.1 Å². The number of aryl methyl sites for hydroxylation is 1. The monoisotopic (exact) mass is 316 g/mol. The first-order valence-electron chi connectivity index (χ1n) is 7.52. The van der Waals surface area contributed by atoms with E-state index in [1.54, 1.807) is 18.4 Å². The maximum absolute atomic E-state index is 12.6. The Morgan fingerprint density at radius 1 is 1.36 bits per heavy atom. The molecular formula is C17H20N2O2S. The summed E-state index contributed by atoms with van der Waals surface area (Å²) < 4.78 is 5.14. The first-order chi connectivity index (χ1) is 10.7. The molecule has 116 valence electrons. The van der Waals surface area contributed by atoms with Gasteiger partial charge in [0, 0.05) is 35.6 Å². The highest BCUT2D eigenvalue weighted by Crippen LogP contribution is 2.30. The van der Waals surface area contributed by atoms with Gasteiger partial charge in [0.1, 0.15) is 5.75 Å². The highest BCUT2D eigenvalue weighted by atomic mass is 32.1. The lowest BCUT2D eigenvalue weighted by Gasteiger charge is -2.32. The quantitative estimate of drug-likeness (QED) is 0.870. The van der Waals surface area contributed by atoms with Crippen LogP contribution in [-0.4, -0.2) is 36.0 Å². The van der Waals surface area contributed by atoms with Gasteiger partial charge in [-0.2, -0.15) is 0 Å². The van der Waals surface area contributed by atoms with E-state index in [9.17, 15) is 4.79 Å². The van der Waals surface area contributed by atoms with Gasteiger partial charge in [-0.15, -0.1) is 11.3 Å². The molecule has 1 atom stereocenters. The number of amides is 1. The normalized spacial score (nSPS) is 18.3. The number of benzene rings is 1. The summed E-state index contributed by atoms with van der Waals surface area (Å²) in [6.07, 6.45) is 2.14. The summed E-state index contributed by atoms with van der Waals surface area (Å²) in [7, 11) is 1.63. The minimum absolute atomic E-state index is 0.0978. The van der Waals surface area contributed by atoms with Crippen LogP contribution in [0.1, 0.15) is 39.8 Å². The molecule has 0 saturated carbocycles. The number of piperidine rings is 1. The number of thiazole rings is 1. The summed E-state index contributed by atoms with van der Waals surface area (Å²) in [6, 6.07) is 7.33. The van der Waals surface area contributed by atoms with Crippen LogP contribution in [0, 0.1) is 6.92 Å². The van der Waals surface area contributed by atoms with Crippen LogP contribution in [-0.2, 0) is 0 Å². The van der Waals surface area contributed by atoms with Gasteiger partial charge in [0.2, 0.25) is 0 Å². The van der Waals surface area contributed by atoms with E-state index in [1.165, 1.54) is 0 Å². The summed E-state index contributed by atoms with van der Waals surface area (Å²) in [5.74, 6) is 1.24. The lowest BCUT2D eigenvalue weighted by atomic mass is 9.98. The average molecular weight is 316 g/mol. The first kappa shape index (κ1) is 15.0. The number of methoxy groups -OCH3 is 1. The summed E-state index contributed by atoms with van der Waals surface area (Å²) >= 11 is 1.70. The molecule has 2 heterocycles. The zero-order valence-electron chi connectivity index (χ0n) is 12.9. The number of rotatable bonds is 3. The fourth-order valence-electron chi connectivity index (χ4n) is 2.84. The molecule has 1 saturated heterocycles. The number of likely N-dealkylation sites (tertiary alicyclic amines) is 1. The Kier molecular flexibility index (Phi) is 4.43. The van der Waals surface area contributed by atoms with Crippen molar-refractivity contribution in [2.75, 3.05) is 20.2 Å². The van der Waals surface area contributed by atoms with Gasteiger partial charge >= 0.3 is 0 Å². The van der Waals surface area contributed by atoms with Crippen molar-refractivity contribution in [2.45, 2.75) is 25.7 Å². The molecule has 3 rings (SSSR count). The Morgan fingerprint density at radius 3 is 2.77 bits per heavy atom. The second kappa shape index (κ2) is 6.48. The van der Waals surface area contributed by atoms with E-state index in [-0.39, 0.29) is 5.91 Å². The molecule has 1 unspecified atom stereocenters. The zero-order chi connectivity index (χ0) is 15.5. The van der Waals surface area contributed by atoms with Gasteiger partial charge < -0.3 is 9.64 Å². The Morgan fingerprint density at radius 2 is 2.14 bits per heavy atom. The molecule has 0 aliphatic carbocycles. The van der Waals surface area contributed by atoms with Gasteiger partial charge in [0.15, 0.2) is 0 Å². The van der Waals surface area contributed by atoms with Crippen molar-refractivity contribution >= 4 is 17.2 Å². The van der Waals surface area contributed by atoms with Crippen molar-refractivity contribution in [1.82, 2.24) is 9.88 Å². The van der Waals surface area contributed by atoms with Crippen molar-refractivity contribution in [3.63, 3.8) is 0 Å². The van der Waals surface area contributed by atoms with Crippen LogP contribution in [0.4, 0.5) is 0 Å². The van der Waals surface area contributed by atoms with Crippen LogP contribution in [0.2, 0.25) is 0 Å². The molecule has 1 aliphatic heterocycles. The third kappa shape index (κ3) is 3.14. The molecule has 0 bridgehead atoms. The van der Waals surface area contributed by atoms with Gasteiger partial charge in [-0.05, 0) is 44.0 Å². The molecule has 1 aromatic carbocycles. The highest BCUT2D eigenvalue weighted by Gasteiger charge is 2.27. The molecule has 4 nitrogen and oxygen atoms in total. The average Bonchev–Trinajstić information content (AvgIpc) is 3.01. The van der Waals surface area contributed by atoms with Gasteiger partial charge in [0.25, 0.3) is 5.91 Å². The van der Waals surface area contributed by atoms with Crippen LogP contribution in [0.15, 0.2) is 29.6 Å². The smallest absolute Gasteiger partial charge is 0.253 e. The maximum atomic E-state index is 12.6. The number of carbonyl (C=O) groups excluding carboxylic acids is 1. The molecule has 0 radical (unpaired) electrons. The fourth-order valence-corrected chi connectivity index (χ4v) is 3.76. The van der Waals surface area contributed by atoms with E-state index in [2.05, 4.69) is 10.4 Å². The molecule has 1 aromatic heterocycles. The molecule has 2 aromatic rings. The predicted molar refractivity (Wildman–Crippen MR) is 87.7 cm³/mol. The number of hydrogen-bond acceptors (Lipinski definition) is 4. The van der Waals surface area contributed by atoms with Gasteiger partial charge in [-0.25, -0.2) is 4.98 Å². The van der Waals surface area contributed by atoms with Crippen molar-refractivity contribution in [2.24, 2.45) is 0 Å². The minimum atomic E-state index is 0.0978. The number of aromatic nitrogens is 1. The lowest BCUT2D eigenvalue weighted by Crippen LogP contribution is -2.39. The molecule has 1 amide bonds. The number of nitrogens with zero attached hydrogens (tertiary/aromatic N) is 2. The number of carbonyl (C=O) groups is 1. The van der Waals surface area contributed by atoms with Crippen LogP contribution in [0.3, 0.4) is 0 Å². The topological polar surface area (TPSA) is 42.4 Å². The summed E-state index contributed by atoms with van der Waals surface area (Å²) in [6.45, 7) is 3.60. The summed E-state index contributed by atoms with van der Waals surface area (Å²) in [5.41, 5.74) is 1.79. The lowest BCUT2D eigenvalue weighted by molar-refractivity contribution is 0.0707. The van der Waals surface area contributed by atoms with Crippen molar-refractivity contribution in [3.8, 4) is 5.75 Å². The zero-order valence-corrected chi connectivity index (χ0v) is 13.7. The predicted octanol–water partition coefficient (Wildman–Crippen LogP) is 3.48. The Hall–Kier alpha value is -1.88. The van der Waals surface area contributed by atoms with Crippen LogP contribution >= 0.6 is 11.3 Å². The third-order valence-electron chi connectivity index (χ3n) is 4.03. The van der Waals surface area contributed by atoms with Gasteiger partial charge in [0.05, 0.1) is 12.1 Å². The molecular weight excluding hydrogens is 296 g/mol. The van der Waals surface area contributed by atoms with E-state index in [0.717, 1.165) is 47.9 Å². The van der Waals surface area contributed by atoms with Crippen LogP contribution in [0.25, 0.3) is 0 Å². The van der Waals surface area contributed by atoms with E-state index in [4.69, 9.17) is 4.74 Å². The molecule has 1 aliphatic rings. The third-order valence-corrected chi connectivity index (χ3v) is 5.16. The molecule has 0 N–H and O–H groups in total. The number of ether oxygens (including phenoxy) is 1. The minimum Gasteiger partial charge on any atom is -0.497 e. The van der Waals surface area contributed by atoms with Crippen LogP contribution in [0.5, 0.6) is 5.75 Å². The molecule has 0 spiro atoms. The standard InChI is InChI=1S/C17H20N2O2S/c1-12-11-22-16(18-12)14-4-3-9-19(10-14)17(20)13-5-7-15(21-2)8-6-13/h5-8,11,14H,3-4,9-10H2,1-2H3. The Bertz CT molecular complexity index is 651. The van der Waals surface area contributed by atoms with E-state index >= 15 is 0 Å². The summed E-state index contributed by atoms with van der Waals surface area (Å²) in [5, 5.41) is 3.24. The van der Waals surface area contributed by atoms with Crippen molar-refractivity contribution in [3.05, 3.63) is 45.9 Å². The van der Waals surface area contributed by atoms with Crippen LogP contribution < -0.4 is 4.74 Å².